The van der Waals surface area contributed by atoms with Gasteiger partial charge in [0.15, 0.2) is 11.0 Å². The maximum absolute atomic E-state index is 12.7. The Bertz CT molecular complexity index is 721. The van der Waals surface area contributed by atoms with Gasteiger partial charge in [0, 0.05) is 17.8 Å². The van der Waals surface area contributed by atoms with Gasteiger partial charge in [-0.05, 0) is 38.1 Å². The average molecular weight is 413 g/mol. The van der Waals surface area contributed by atoms with Crippen LogP contribution >= 0.6 is 23.5 Å². The molecule has 0 radical (unpaired) electrons. The van der Waals surface area contributed by atoms with Crippen molar-refractivity contribution in [2.24, 2.45) is 0 Å². The lowest BCUT2D eigenvalue weighted by molar-refractivity contribution is -0.151. The van der Waals surface area contributed by atoms with Crippen molar-refractivity contribution in [1.82, 2.24) is 35.7 Å². The van der Waals surface area contributed by atoms with E-state index in [2.05, 4.69) is 25.9 Å². The number of carbonyl (C=O) groups is 2. The molecule has 27 heavy (non-hydrogen) atoms. The van der Waals surface area contributed by atoms with Crippen LogP contribution in [-0.4, -0.2) is 82.4 Å². The van der Waals surface area contributed by atoms with Gasteiger partial charge < -0.3 is 15.1 Å². The lowest BCUT2D eigenvalue weighted by Crippen LogP contribution is -2.68. The molecule has 0 spiro atoms. The van der Waals surface area contributed by atoms with E-state index in [0.717, 1.165) is 13.1 Å². The molecule has 2 aliphatic heterocycles. The first-order valence-electron chi connectivity index (χ1n) is 8.79. The summed E-state index contributed by atoms with van der Waals surface area (Å²) >= 11 is 2.81. The first-order chi connectivity index (χ1) is 12.8. The van der Waals surface area contributed by atoms with Crippen LogP contribution in [0, 0.1) is 5.41 Å². The fourth-order valence-corrected chi connectivity index (χ4v) is 5.85. The SMILES string of the molecule is CCN(CC)C(=N)SCC(=O)NC1C(=O)N2C(c3nnn[nH]3)C(C)(C)S[C@@H]12. The van der Waals surface area contributed by atoms with Crippen molar-refractivity contribution in [3.8, 4) is 0 Å². The number of thioether (sulfide) groups is 2. The van der Waals surface area contributed by atoms with Gasteiger partial charge in [0.1, 0.15) is 17.5 Å². The summed E-state index contributed by atoms with van der Waals surface area (Å²) in [4.78, 5) is 28.6. The number of H-pyrrole nitrogens is 1. The van der Waals surface area contributed by atoms with Crippen molar-refractivity contribution in [1.29, 1.82) is 5.41 Å². The van der Waals surface area contributed by atoms with Gasteiger partial charge in [0.25, 0.3) is 0 Å². The Morgan fingerprint density at radius 2 is 2.15 bits per heavy atom. The standard InChI is InChI=1S/C15H24N8O2S2/c1-5-22(6-2)14(16)26-7-8(24)17-9-12(25)23-10(11-18-20-21-19-11)15(3,4)27-13(9)23/h9-10,13,16H,5-7H2,1-4H3,(H,17,24)(H,18,19,20,21)/t9?,10?,13-/m0/s1. The van der Waals surface area contributed by atoms with Gasteiger partial charge in [0.2, 0.25) is 11.8 Å². The van der Waals surface area contributed by atoms with Crippen LogP contribution in [0.3, 0.4) is 0 Å². The molecule has 2 unspecified atom stereocenters. The normalized spacial score (nSPS) is 25.7. The van der Waals surface area contributed by atoms with Crippen LogP contribution < -0.4 is 5.32 Å². The summed E-state index contributed by atoms with van der Waals surface area (Å²) in [6.45, 7) is 9.48. The number of carbonyl (C=O) groups excluding carboxylic acids is 2. The quantitative estimate of drug-likeness (QED) is 0.348. The van der Waals surface area contributed by atoms with Gasteiger partial charge in [-0.15, -0.1) is 16.9 Å². The van der Waals surface area contributed by atoms with E-state index in [1.165, 1.54) is 11.8 Å². The number of amidine groups is 1. The summed E-state index contributed by atoms with van der Waals surface area (Å²) in [5, 5.41) is 25.0. The predicted octanol–water partition coefficient (Wildman–Crippen LogP) is 0.429. The van der Waals surface area contributed by atoms with Crippen molar-refractivity contribution in [2.75, 3.05) is 18.8 Å². The molecule has 1 aromatic heterocycles. The fraction of sp³-hybridized carbons (Fsp3) is 0.733. The molecule has 2 aliphatic rings. The molecule has 0 aliphatic carbocycles. The summed E-state index contributed by atoms with van der Waals surface area (Å²) < 4.78 is -0.277. The zero-order valence-electron chi connectivity index (χ0n) is 15.7. The minimum atomic E-state index is -0.550. The largest absolute Gasteiger partial charge is 0.352 e. The molecule has 0 aromatic carbocycles. The first-order valence-corrected chi connectivity index (χ1v) is 10.7. The lowest BCUT2D eigenvalue weighted by atomic mass is 9.95. The van der Waals surface area contributed by atoms with Gasteiger partial charge >= 0.3 is 0 Å². The highest BCUT2D eigenvalue weighted by Gasteiger charge is 2.63. The number of aromatic nitrogens is 4. The number of tetrazole rings is 1. The number of aromatic amines is 1. The summed E-state index contributed by atoms with van der Waals surface area (Å²) in [6.07, 6.45) is 0. The third kappa shape index (κ3) is 3.64. The molecule has 1 aromatic rings. The Morgan fingerprint density at radius 1 is 1.44 bits per heavy atom. The number of β-lactam (4-membered cyclic amide) rings is 1. The van der Waals surface area contributed by atoms with E-state index < -0.39 is 6.04 Å². The van der Waals surface area contributed by atoms with Gasteiger partial charge in [-0.1, -0.05) is 11.8 Å². The number of nitrogens with zero attached hydrogens (tertiary/aromatic N) is 5. The van der Waals surface area contributed by atoms with Crippen LogP contribution in [0.2, 0.25) is 0 Å². The Hall–Kier alpha value is -1.82. The zero-order valence-corrected chi connectivity index (χ0v) is 17.4. The maximum Gasteiger partial charge on any atom is 0.249 e. The Kier molecular flexibility index (Phi) is 5.65. The van der Waals surface area contributed by atoms with E-state index in [9.17, 15) is 9.59 Å². The van der Waals surface area contributed by atoms with Crippen molar-refractivity contribution in [2.45, 2.75) is 49.9 Å². The van der Waals surface area contributed by atoms with E-state index in [-0.39, 0.29) is 33.7 Å². The van der Waals surface area contributed by atoms with Gasteiger partial charge in [-0.2, -0.15) is 0 Å². The summed E-state index contributed by atoms with van der Waals surface area (Å²) in [5.74, 6) is 0.307. The topological polar surface area (TPSA) is 131 Å². The Labute approximate surface area is 166 Å². The summed E-state index contributed by atoms with van der Waals surface area (Å²) in [5.41, 5.74) is 0. The number of fused-ring (bicyclic) bond motifs is 1. The maximum atomic E-state index is 12.7. The molecule has 2 saturated heterocycles. The number of rotatable bonds is 6. The van der Waals surface area contributed by atoms with Crippen LogP contribution in [0.25, 0.3) is 0 Å². The minimum Gasteiger partial charge on any atom is -0.352 e. The monoisotopic (exact) mass is 412 g/mol. The molecule has 12 heteroatoms. The van der Waals surface area contributed by atoms with Crippen molar-refractivity contribution in [3.05, 3.63) is 5.82 Å². The fourth-order valence-electron chi connectivity index (χ4n) is 3.42. The molecular weight excluding hydrogens is 388 g/mol. The molecule has 10 nitrogen and oxygen atoms in total. The third-order valence-electron chi connectivity index (χ3n) is 4.77. The number of hydrogen-bond acceptors (Lipinski definition) is 8. The molecule has 3 N–H and O–H groups in total. The molecule has 3 heterocycles. The van der Waals surface area contributed by atoms with Crippen LogP contribution in [0.4, 0.5) is 0 Å². The first kappa shape index (κ1) is 19.9. The van der Waals surface area contributed by atoms with Crippen LogP contribution in [-0.2, 0) is 9.59 Å². The molecule has 2 amide bonds. The molecule has 2 fully saturated rings. The second-order valence-corrected chi connectivity index (χ2v) is 9.59. The van der Waals surface area contributed by atoms with E-state index in [1.807, 2.05) is 32.6 Å². The molecular formula is C15H24N8O2S2. The summed E-state index contributed by atoms with van der Waals surface area (Å²) in [7, 11) is 0. The van der Waals surface area contributed by atoms with Gasteiger partial charge in [-0.25, -0.2) is 5.10 Å². The molecule has 0 saturated carbocycles. The number of hydrogen-bond donors (Lipinski definition) is 3. The van der Waals surface area contributed by atoms with E-state index >= 15 is 0 Å². The number of amides is 2. The average Bonchev–Trinajstić information content (AvgIpc) is 3.23. The predicted molar refractivity (Wildman–Crippen MR) is 104 cm³/mol. The van der Waals surface area contributed by atoms with Crippen molar-refractivity contribution >= 4 is 40.5 Å². The molecule has 0 bridgehead atoms. The third-order valence-corrected chi connectivity index (χ3v) is 7.28. The Morgan fingerprint density at radius 3 is 2.74 bits per heavy atom. The second kappa shape index (κ2) is 7.66. The Balaban J connectivity index is 1.58. The highest BCUT2D eigenvalue weighted by molar-refractivity contribution is 8.14. The highest BCUT2D eigenvalue weighted by Crippen LogP contribution is 2.56. The molecule has 3 rings (SSSR count). The van der Waals surface area contributed by atoms with Gasteiger partial charge in [0.05, 0.1) is 5.75 Å². The van der Waals surface area contributed by atoms with E-state index in [4.69, 9.17) is 5.41 Å². The highest BCUT2D eigenvalue weighted by atomic mass is 32.2. The van der Waals surface area contributed by atoms with Crippen molar-refractivity contribution in [3.63, 3.8) is 0 Å². The van der Waals surface area contributed by atoms with E-state index in [0.29, 0.717) is 11.0 Å². The van der Waals surface area contributed by atoms with Crippen LogP contribution in [0.5, 0.6) is 0 Å². The minimum absolute atomic E-state index is 0.120. The second-order valence-electron chi connectivity index (χ2n) is 6.86. The smallest absolute Gasteiger partial charge is 0.249 e. The number of nitrogens with one attached hydrogen (secondary N) is 3. The van der Waals surface area contributed by atoms with E-state index in [1.54, 1.807) is 16.7 Å². The van der Waals surface area contributed by atoms with Crippen LogP contribution in [0.15, 0.2) is 0 Å². The lowest BCUT2D eigenvalue weighted by Gasteiger charge is -2.44. The zero-order chi connectivity index (χ0) is 19.8. The molecule has 3 atom stereocenters. The summed E-state index contributed by atoms with van der Waals surface area (Å²) in [6, 6.07) is -0.806. The molecule has 148 valence electrons. The van der Waals surface area contributed by atoms with Gasteiger partial charge in [-0.3, -0.25) is 15.0 Å². The van der Waals surface area contributed by atoms with Crippen LogP contribution in [0.1, 0.15) is 39.6 Å². The van der Waals surface area contributed by atoms with Crippen molar-refractivity contribution < 1.29 is 9.59 Å².